The molecule has 1 heterocycles. The molecule has 68 valence electrons. The van der Waals surface area contributed by atoms with Crippen LogP contribution >= 0.6 is 0 Å². The van der Waals surface area contributed by atoms with Crippen LogP contribution in [0.1, 0.15) is 17.5 Å². The summed E-state index contributed by atoms with van der Waals surface area (Å²) in [5.41, 5.74) is 2.27. The average Bonchev–Trinajstić information content (AvgIpc) is 2.01. The van der Waals surface area contributed by atoms with Gasteiger partial charge in [-0.3, -0.25) is 5.41 Å². The van der Waals surface area contributed by atoms with Gasteiger partial charge in [0, 0.05) is 18.7 Å². The number of hydrogen-bond acceptors (Lipinski definition) is 1. The van der Waals surface area contributed by atoms with E-state index in [4.69, 9.17) is 5.41 Å². The van der Waals surface area contributed by atoms with Gasteiger partial charge in [0.05, 0.1) is 0 Å². The molecule has 1 aliphatic heterocycles. The van der Waals surface area contributed by atoms with Gasteiger partial charge in [-0.1, -0.05) is 23.8 Å². The summed E-state index contributed by atoms with van der Waals surface area (Å²) in [6, 6.07) is 8.15. The topological polar surface area (TPSA) is 27.1 Å². The van der Waals surface area contributed by atoms with Crippen LogP contribution in [0.15, 0.2) is 24.3 Å². The maximum absolute atomic E-state index is 7.91. The quantitative estimate of drug-likeness (QED) is 0.512. The Morgan fingerprint density at radius 3 is 2.69 bits per heavy atom. The van der Waals surface area contributed by atoms with Gasteiger partial charge in [-0.05, 0) is 19.4 Å². The first-order chi connectivity index (χ1) is 6.27. The first-order valence-corrected chi connectivity index (χ1v) is 4.68. The van der Waals surface area contributed by atoms with Crippen LogP contribution in [-0.4, -0.2) is 23.8 Å². The summed E-state index contributed by atoms with van der Waals surface area (Å²) in [5.74, 6) is 0.676. The highest BCUT2D eigenvalue weighted by Crippen LogP contribution is 2.13. The van der Waals surface area contributed by atoms with Crippen molar-refractivity contribution in [1.29, 1.82) is 5.41 Å². The van der Waals surface area contributed by atoms with Gasteiger partial charge < -0.3 is 4.90 Å². The summed E-state index contributed by atoms with van der Waals surface area (Å²) < 4.78 is 0. The van der Waals surface area contributed by atoms with Crippen molar-refractivity contribution in [2.75, 3.05) is 13.1 Å². The van der Waals surface area contributed by atoms with Gasteiger partial charge in [-0.15, -0.1) is 0 Å². The van der Waals surface area contributed by atoms with Gasteiger partial charge in [0.25, 0.3) is 0 Å². The Kier molecular flexibility index (Phi) is 2.05. The molecule has 0 saturated carbocycles. The van der Waals surface area contributed by atoms with E-state index in [1.54, 1.807) is 0 Å². The standard InChI is InChI=1S/C11H14N2/c1-9-4-2-5-10(8-9)11(12)13-6-3-7-13/h2,4-5,8,12H,3,6-7H2,1H3. The maximum Gasteiger partial charge on any atom is 0.128 e. The number of likely N-dealkylation sites (tertiary alicyclic amines) is 1. The Morgan fingerprint density at radius 2 is 2.15 bits per heavy atom. The fourth-order valence-corrected chi connectivity index (χ4v) is 1.51. The molecule has 2 nitrogen and oxygen atoms in total. The highest BCUT2D eigenvalue weighted by atomic mass is 15.2. The number of benzene rings is 1. The Hall–Kier alpha value is -1.31. The van der Waals surface area contributed by atoms with Crippen molar-refractivity contribution < 1.29 is 0 Å². The Balaban J connectivity index is 2.19. The molecule has 13 heavy (non-hydrogen) atoms. The van der Waals surface area contributed by atoms with Gasteiger partial charge in [-0.25, -0.2) is 0 Å². The van der Waals surface area contributed by atoms with E-state index in [2.05, 4.69) is 24.0 Å². The molecule has 1 fully saturated rings. The van der Waals surface area contributed by atoms with Crippen molar-refractivity contribution in [3.63, 3.8) is 0 Å². The van der Waals surface area contributed by atoms with Crippen molar-refractivity contribution in [3.8, 4) is 0 Å². The normalized spacial score (nSPS) is 15.3. The largest absolute Gasteiger partial charge is 0.356 e. The minimum absolute atomic E-state index is 0.676. The molecule has 0 amide bonds. The summed E-state index contributed by atoms with van der Waals surface area (Å²) in [7, 11) is 0. The molecule has 0 aliphatic carbocycles. The van der Waals surface area contributed by atoms with E-state index >= 15 is 0 Å². The molecule has 2 heteroatoms. The van der Waals surface area contributed by atoms with Crippen molar-refractivity contribution in [2.45, 2.75) is 13.3 Å². The maximum atomic E-state index is 7.91. The third-order valence-electron chi connectivity index (χ3n) is 2.46. The molecule has 1 aromatic rings. The lowest BCUT2D eigenvalue weighted by molar-refractivity contribution is 0.299. The summed E-state index contributed by atoms with van der Waals surface area (Å²) in [5, 5.41) is 7.91. The molecular weight excluding hydrogens is 160 g/mol. The summed E-state index contributed by atoms with van der Waals surface area (Å²) in [6.07, 6.45) is 1.23. The van der Waals surface area contributed by atoms with Gasteiger partial charge in [0.1, 0.15) is 5.84 Å². The second kappa shape index (κ2) is 3.21. The molecule has 0 unspecified atom stereocenters. The van der Waals surface area contributed by atoms with Crippen LogP contribution in [0.2, 0.25) is 0 Å². The average molecular weight is 174 g/mol. The van der Waals surface area contributed by atoms with Crippen molar-refractivity contribution in [2.24, 2.45) is 0 Å². The Bertz CT molecular complexity index is 327. The number of nitrogens with zero attached hydrogens (tertiary/aromatic N) is 1. The monoisotopic (exact) mass is 174 g/mol. The van der Waals surface area contributed by atoms with E-state index in [0.29, 0.717) is 5.84 Å². The number of rotatable bonds is 1. The van der Waals surface area contributed by atoms with E-state index < -0.39 is 0 Å². The third-order valence-corrected chi connectivity index (χ3v) is 2.46. The zero-order chi connectivity index (χ0) is 9.26. The molecule has 0 radical (unpaired) electrons. The van der Waals surface area contributed by atoms with Crippen molar-refractivity contribution in [3.05, 3.63) is 35.4 Å². The Labute approximate surface area is 78.7 Å². The van der Waals surface area contributed by atoms with E-state index in [-0.39, 0.29) is 0 Å². The third kappa shape index (κ3) is 1.57. The highest BCUT2D eigenvalue weighted by Gasteiger charge is 2.17. The first kappa shape index (κ1) is 8.30. The molecule has 0 spiro atoms. The van der Waals surface area contributed by atoms with Gasteiger partial charge in [-0.2, -0.15) is 0 Å². The fourth-order valence-electron chi connectivity index (χ4n) is 1.51. The van der Waals surface area contributed by atoms with Gasteiger partial charge in [0.15, 0.2) is 0 Å². The van der Waals surface area contributed by atoms with Crippen LogP contribution in [0, 0.1) is 12.3 Å². The first-order valence-electron chi connectivity index (χ1n) is 4.68. The Morgan fingerprint density at radius 1 is 1.38 bits per heavy atom. The number of nitrogens with one attached hydrogen (secondary N) is 1. The molecule has 1 N–H and O–H groups in total. The van der Waals surface area contributed by atoms with Crippen LogP contribution in [0.25, 0.3) is 0 Å². The molecule has 1 aliphatic rings. The van der Waals surface area contributed by atoms with Crippen LogP contribution in [0.5, 0.6) is 0 Å². The number of amidine groups is 1. The van der Waals surface area contributed by atoms with Crippen molar-refractivity contribution >= 4 is 5.84 Å². The van der Waals surface area contributed by atoms with Crippen LogP contribution < -0.4 is 0 Å². The number of aryl methyl sites for hydroxylation is 1. The zero-order valence-corrected chi connectivity index (χ0v) is 7.88. The molecule has 1 aromatic carbocycles. The fraction of sp³-hybridized carbons (Fsp3) is 0.364. The van der Waals surface area contributed by atoms with E-state index in [1.165, 1.54) is 12.0 Å². The lowest BCUT2D eigenvalue weighted by Gasteiger charge is -2.33. The van der Waals surface area contributed by atoms with Crippen LogP contribution in [-0.2, 0) is 0 Å². The SMILES string of the molecule is Cc1cccc(C(=N)N2CCC2)c1. The predicted octanol–water partition coefficient (Wildman–Crippen LogP) is 2.03. The van der Waals surface area contributed by atoms with E-state index in [0.717, 1.165) is 18.7 Å². The molecule has 0 atom stereocenters. The second-order valence-corrected chi connectivity index (χ2v) is 3.56. The summed E-state index contributed by atoms with van der Waals surface area (Å²) in [6.45, 7) is 4.16. The minimum Gasteiger partial charge on any atom is -0.356 e. The second-order valence-electron chi connectivity index (χ2n) is 3.56. The van der Waals surface area contributed by atoms with E-state index in [1.807, 2.05) is 12.1 Å². The molecule has 0 bridgehead atoms. The molecule has 2 rings (SSSR count). The lowest BCUT2D eigenvalue weighted by Crippen LogP contribution is -2.42. The highest BCUT2D eigenvalue weighted by molar-refractivity contribution is 5.96. The van der Waals surface area contributed by atoms with Gasteiger partial charge >= 0.3 is 0 Å². The predicted molar refractivity (Wildman–Crippen MR) is 54.2 cm³/mol. The number of hydrogen-bond donors (Lipinski definition) is 1. The van der Waals surface area contributed by atoms with Crippen LogP contribution in [0.3, 0.4) is 0 Å². The summed E-state index contributed by atoms with van der Waals surface area (Å²) >= 11 is 0. The van der Waals surface area contributed by atoms with Crippen LogP contribution in [0.4, 0.5) is 0 Å². The minimum atomic E-state index is 0.676. The van der Waals surface area contributed by atoms with Crippen molar-refractivity contribution in [1.82, 2.24) is 4.90 Å². The molecule has 0 aromatic heterocycles. The van der Waals surface area contributed by atoms with E-state index in [9.17, 15) is 0 Å². The lowest BCUT2D eigenvalue weighted by atomic mass is 10.1. The van der Waals surface area contributed by atoms with Gasteiger partial charge in [0.2, 0.25) is 0 Å². The zero-order valence-electron chi connectivity index (χ0n) is 7.88. The molecule has 1 saturated heterocycles. The smallest absolute Gasteiger partial charge is 0.128 e. The molecular formula is C11H14N2. The summed E-state index contributed by atoms with van der Waals surface area (Å²) in [4.78, 5) is 2.11.